The van der Waals surface area contributed by atoms with Gasteiger partial charge in [-0.25, -0.2) is 0 Å². The summed E-state index contributed by atoms with van der Waals surface area (Å²) in [5.74, 6) is 0. The van der Waals surface area contributed by atoms with Crippen LogP contribution in [0.3, 0.4) is 0 Å². The number of furan rings is 1. The first-order chi connectivity index (χ1) is 32.5. The van der Waals surface area contributed by atoms with Crippen LogP contribution in [0.5, 0.6) is 0 Å². The minimum atomic E-state index is -0.133. The fourth-order valence-corrected chi connectivity index (χ4v) is 10.6. The molecule has 324 valence electrons. The SMILES string of the molecule is CC(C)(C)c1ccc(N(c2ccc3c(c2)N(c2ccccc2)c2cc(C(C)(C)C)cc4c2B3c2cc3cocc3cc2N4c2ccccc2)c2ccc(-c3ccccc3)c3ccccc23)cc1. The summed E-state index contributed by atoms with van der Waals surface area (Å²) < 4.78 is 5.90. The van der Waals surface area contributed by atoms with Crippen molar-refractivity contribution < 1.29 is 4.42 Å². The van der Waals surface area contributed by atoms with E-state index in [9.17, 15) is 0 Å². The smallest absolute Gasteiger partial charge is 0.252 e. The maximum Gasteiger partial charge on any atom is 0.252 e. The van der Waals surface area contributed by atoms with Crippen molar-refractivity contribution in [3.8, 4) is 11.1 Å². The van der Waals surface area contributed by atoms with E-state index < -0.39 is 0 Å². The molecule has 5 heteroatoms. The molecule has 0 aliphatic carbocycles. The maximum atomic E-state index is 5.90. The number of benzene rings is 9. The second kappa shape index (κ2) is 15.4. The standard InChI is InChI=1S/C62H52BN3O/c1-61(2,3)44-26-28-48(29-27-44)64(55-33-31-50(41-18-10-7-11-19-41)51-24-16-17-25-52(51)55)49-30-32-53-57(38-49)66(47-22-14-9-15-23-47)59-37-45(62(4,5)6)36-58-60(59)63(53)54-34-42-39-67-40-43(42)35-56(54)65(58)46-20-12-8-13-21-46/h7-40H,1-6H3. The Balaban J connectivity index is 1.15. The first-order valence-electron chi connectivity index (χ1n) is 23.5. The van der Waals surface area contributed by atoms with Gasteiger partial charge in [-0.3, -0.25) is 0 Å². The largest absolute Gasteiger partial charge is 0.471 e. The summed E-state index contributed by atoms with van der Waals surface area (Å²) in [4.78, 5) is 7.49. The summed E-state index contributed by atoms with van der Waals surface area (Å²) in [6.07, 6.45) is 3.77. The number of hydrogen-bond donors (Lipinski definition) is 0. The molecule has 67 heavy (non-hydrogen) atoms. The molecule has 10 aromatic rings. The van der Waals surface area contributed by atoms with Crippen molar-refractivity contribution in [3.05, 3.63) is 218 Å². The molecule has 2 aliphatic rings. The molecule has 0 fully saturated rings. The van der Waals surface area contributed by atoms with Crippen molar-refractivity contribution in [2.24, 2.45) is 0 Å². The molecular formula is C62H52BN3O. The molecule has 0 N–H and O–H groups in total. The van der Waals surface area contributed by atoms with E-state index in [1.54, 1.807) is 0 Å². The topological polar surface area (TPSA) is 22.9 Å². The van der Waals surface area contributed by atoms with Gasteiger partial charge in [-0.05, 0) is 128 Å². The molecule has 0 amide bonds. The monoisotopic (exact) mass is 865 g/mol. The van der Waals surface area contributed by atoms with Crippen LogP contribution in [-0.4, -0.2) is 6.71 Å². The normalized spacial score (nSPS) is 13.1. The highest BCUT2D eigenvalue weighted by atomic mass is 16.3. The number of hydrogen-bond acceptors (Lipinski definition) is 4. The molecular weight excluding hydrogens is 814 g/mol. The zero-order valence-electron chi connectivity index (χ0n) is 39.0. The van der Waals surface area contributed by atoms with Crippen LogP contribution in [0.2, 0.25) is 0 Å². The van der Waals surface area contributed by atoms with E-state index in [0.29, 0.717) is 0 Å². The Bertz CT molecular complexity index is 3490. The molecule has 3 heterocycles. The summed E-state index contributed by atoms with van der Waals surface area (Å²) >= 11 is 0. The van der Waals surface area contributed by atoms with E-state index in [-0.39, 0.29) is 17.5 Å². The maximum absolute atomic E-state index is 5.90. The van der Waals surface area contributed by atoms with Crippen LogP contribution in [0.25, 0.3) is 32.7 Å². The van der Waals surface area contributed by atoms with Gasteiger partial charge >= 0.3 is 0 Å². The number of anilines is 9. The molecule has 0 saturated carbocycles. The summed E-state index contributed by atoms with van der Waals surface area (Å²) in [5, 5.41) is 4.60. The molecule has 12 rings (SSSR count). The van der Waals surface area contributed by atoms with Gasteiger partial charge in [0.05, 0.1) is 18.2 Å². The van der Waals surface area contributed by atoms with Crippen LogP contribution in [0, 0.1) is 0 Å². The summed E-state index contributed by atoms with van der Waals surface area (Å²) in [7, 11) is 0. The molecule has 0 unspecified atom stereocenters. The van der Waals surface area contributed by atoms with Crippen LogP contribution >= 0.6 is 0 Å². The predicted molar refractivity (Wildman–Crippen MR) is 285 cm³/mol. The first kappa shape index (κ1) is 40.7. The van der Waals surface area contributed by atoms with Gasteiger partial charge in [-0.1, -0.05) is 163 Å². The highest BCUT2D eigenvalue weighted by Crippen LogP contribution is 2.49. The van der Waals surface area contributed by atoms with Crippen LogP contribution in [0.4, 0.5) is 51.2 Å². The third-order valence-electron chi connectivity index (χ3n) is 14.0. The Hall–Kier alpha value is -7.76. The Morgan fingerprint density at radius 1 is 0.433 bits per heavy atom. The highest BCUT2D eigenvalue weighted by Gasteiger charge is 2.44. The van der Waals surface area contributed by atoms with Crippen molar-refractivity contribution >= 4 is 95.8 Å². The number of nitrogens with zero attached hydrogens (tertiary/aromatic N) is 3. The Morgan fingerprint density at radius 3 is 1.58 bits per heavy atom. The second-order valence-electron chi connectivity index (χ2n) is 20.3. The van der Waals surface area contributed by atoms with E-state index in [4.69, 9.17) is 4.42 Å². The van der Waals surface area contributed by atoms with Gasteiger partial charge in [0.1, 0.15) is 0 Å². The van der Waals surface area contributed by atoms with Crippen LogP contribution in [0.1, 0.15) is 52.7 Å². The van der Waals surface area contributed by atoms with Crippen molar-refractivity contribution in [3.63, 3.8) is 0 Å². The highest BCUT2D eigenvalue weighted by molar-refractivity contribution is 7.00. The third-order valence-corrected chi connectivity index (χ3v) is 14.0. The van der Waals surface area contributed by atoms with E-state index >= 15 is 0 Å². The minimum absolute atomic E-state index is 0.0158. The van der Waals surface area contributed by atoms with E-state index in [0.717, 1.165) is 44.9 Å². The second-order valence-corrected chi connectivity index (χ2v) is 20.3. The zero-order chi connectivity index (χ0) is 45.6. The average Bonchev–Trinajstić information content (AvgIpc) is 3.81. The first-order valence-corrected chi connectivity index (χ1v) is 23.5. The predicted octanol–water partition coefficient (Wildman–Crippen LogP) is 15.4. The molecule has 0 atom stereocenters. The summed E-state index contributed by atoms with van der Waals surface area (Å²) in [5.41, 5.74) is 19.0. The lowest BCUT2D eigenvalue weighted by atomic mass is 9.33. The molecule has 9 aromatic carbocycles. The van der Waals surface area contributed by atoms with Gasteiger partial charge in [-0.15, -0.1) is 0 Å². The van der Waals surface area contributed by atoms with Gasteiger partial charge in [0.25, 0.3) is 6.71 Å². The zero-order valence-corrected chi connectivity index (χ0v) is 39.0. The Labute approximate surface area is 394 Å². The molecule has 1 aromatic heterocycles. The number of para-hydroxylation sites is 2. The summed E-state index contributed by atoms with van der Waals surface area (Å²) in [6, 6.07) is 72.1. The lowest BCUT2D eigenvalue weighted by Gasteiger charge is -2.45. The Kier molecular flexibility index (Phi) is 9.38. The number of rotatable bonds is 6. The lowest BCUT2D eigenvalue weighted by Crippen LogP contribution is -2.61. The fourth-order valence-electron chi connectivity index (χ4n) is 10.6. The van der Waals surface area contributed by atoms with Gasteiger partial charge < -0.3 is 19.1 Å². The van der Waals surface area contributed by atoms with Crippen LogP contribution in [-0.2, 0) is 10.8 Å². The molecule has 0 bridgehead atoms. The summed E-state index contributed by atoms with van der Waals surface area (Å²) in [6.45, 7) is 13.8. The van der Waals surface area contributed by atoms with Gasteiger partial charge in [-0.2, -0.15) is 0 Å². The lowest BCUT2D eigenvalue weighted by molar-refractivity contribution is 0.572. The minimum Gasteiger partial charge on any atom is -0.471 e. The quantitative estimate of drug-likeness (QED) is 0.155. The van der Waals surface area contributed by atoms with Gasteiger partial charge in [0, 0.05) is 61.7 Å². The van der Waals surface area contributed by atoms with Gasteiger partial charge in [0.15, 0.2) is 0 Å². The van der Waals surface area contributed by atoms with Gasteiger partial charge in [0.2, 0.25) is 0 Å². The molecule has 4 nitrogen and oxygen atoms in total. The van der Waals surface area contributed by atoms with Crippen molar-refractivity contribution in [2.45, 2.75) is 52.4 Å². The van der Waals surface area contributed by atoms with Crippen LogP contribution in [0.15, 0.2) is 211 Å². The van der Waals surface area contributed by atoms with E-state index in [2.05, 4.69) is 250 Å². The molecule has 0 radical (unpaired) electrons. The van der Waals surface area contributed by atoms with Crippen molar-refractivity contribution in [1.29, 1.82) is 0 Å². The van der Waals surface area contributed by atoms with E-state index in [1.165, 1.54) is 66.5 Å². The fraction of sp³-hybridized carbons (Fsp3) is 0.129. The molecule has 2 aliphatic heterocycles. The number of fused-ring (bicyclic) bond motifs is 6. The van der Waals surface area contributed by atoms with E-state index in [1.807, 2.05) is 12.5 Å². The Morgan fingerprint density at radius 2 is 0.970 bits per heavy atom. The third kappa shape index (κ3) is 6.75. The average molecular weight is 866 g/mol. The molecule has 0 saturated heterocycles. The van der Waals surface area contributed by atoms with Crippen molar-refractivity contribution in [1.82, 2.24) is 0 Å². The van der Waals surface area contributed by atoms with Crippen LogP contribution < -0.4 is 31.1 Å². The van der Waals surface area contributed by atoms with Crippen molar-refractivity contribution in [2.75, 3.05) is 14.7 Å². The molecule has 0 spiro atoms.